The number of thiazole rings is 1. The first kappa shape index (κ1) is 15.2. The van der Waals surface area contributed by atoms with E-state index in [1.165, 1.54) is 23.5 Å². The number of para-hydroxylation sites is 2. The van der Waals surface area contributed by atoms with Crippen LogP contribution >= 0.6 is 11.3 Å². The second kappa shape index (κ2) is 5.95. The van der Waals surface area contributed by atoms with Gasteiger partial charge in [0.1, 0.15) is 0 Å². The molecule has 0 fully saturated rings. The highest BCUT2D eigenvalue weighted by molar-refractivity contribution is 7.15. The number of fused-ring (bicyclic) bond motifs is 3. The number of benzene rings is 2. The molecule has 6 nitrogen and oxygen atoms in total. The van der Waals surface area contributed by atoms with Gasteiger partial charge >= 0.3 is 0 Å². The van der Waals surface area contributed by atoms with Crippen LogP contribution in [0.1, 0.15) is 5.56 Å². The number of hydrogen-bond acceptors (Lipinski definition) is 5. The maximum absolute atomic E-state index is 12.6. The minimum Gasteiger partial charge on any atom is -0.267 e. The van der Waals surface area contributed by atoms with Crippen LogP contribution in [0.2, 0.25) is 0 Å². The predicted octanol–water partition coefficient (Wildman–Crippen LogP) is 3.03. The lowest BCUT2D eigenvalue weighted by molar-refractivity contribution is -0.384. The van der Waals surface area contributed by atoms with Gasteiger partial charge in [-0.15, -0.1) is 0 Å². The molecule has 25 heavy (non-hydrogen) atoms. The van der Waals surface area contributed by atoms with Crippen molar-refractivity contribution in [2.24, 2.45) is 0 Å². The van der Waals surface area contributed by atoms with Crippen LogP contribution in [0, 0.1) is 10.1 Å². The summed E-state index contributed by atoms with van der Waals surface area (Å²) in [5.41, 5.74) is 2.21. The molecular formula is C18H11N3O3S. The summed E-state index contributed by atoms with van der Waals surface area (Å²) >= 11 is 1.32. The van der Waals surface area contributed by atoms with E-state index in [-0.39, 0.29) is 11.2 Å². The van der Waals surface area contributed by atoms with Gasteiger partial charge in [-0.05, 0) is 23.8 Å². The summed E-state index contributed by atoms with van der Waals surface area (Å²) in [7, 11) is 0. The molecule has 7 heteroatoms. The number of non-ortho nitro benzene ring substituents is 1. The highest BCUT2D eigenvalue weighted by Crippen LogP contribution is 2.16. The highest BCUT2D eigenvalue weighted by atomic mass is 32.1. The first-order valence-corrected chi connectivity index (χ1v) is 8.28. The summed E-state index contributed by atoms with van der Waals surface area (Å²) in [4.78, 5) is 28.0. The smallest absolute Gasteiger partial charge is 0.267 e. The molecule has 0 aliphatic heterocycles. The molecule has 0 bridgehead atoms. The molecule has 0 radical (unpaired) electrons. The third-order valence-electron chi connectivity index (χ3n) is 3.76. The van der Waals surface area contributed by atoms with Crippen LogP contribution < -0.4 is 10.1 Å². The highest BCUT2D eigenvalue weighted by Gasteiger charge is 2.09. The van der Waals surface area contributed by atoms with Crippen molar-refractivity contribution < 1.29 is 4.92 Å². The number of aromatic nitrogens is 2. The zero-order chi connectivity index (χ0) is 17.4. The van der Waals surface area contributed by atoms with Gasteiger partial charge in [0.2, 0.25) is 0 Å². The summed E-state index contributed by atoms with van der Waals surface area (Å²) in [6.07, 6.45) is 5.15. The maximum Gasteiger partial charge on any atom is 0.274 e. The van der Waals surface area contributed by atoms with Crippen molar-refractivity contribution in [1.82, 2.24) is 9.38 Å². The van der Waals surface area contributed by atoms with Crippen LogP contribution in [-0.2, 0) is 0 Å². The largest absolute Gasteiger partial charge is 0.274 e. The van der Waals surface area contributed by atoms with Crippen LogP contribution in [0.3, 0.4) is 0 Å². The molecule has 122 valence electrons. The van der Waals surface area contributed by atoms with Crippen molar-refractivity contribution in [3.05, 3.63) is 85.2 Å². The number of nitro groups is 1. The summed E-state index contributed by atoms with van der Waals surface area (Å²) in [5, 5.41) is 10.8. The lowest BCUT2D eigenvalue weighted by atomic mass is 10.2. The van der Waals surface area contributed by atoms with Gasteiger partial charge in [-0.25, -0.2) is 9.38 Å². The Morgan fingerprint density at radius 1 is 1.16 bits per heavy atom. The summed E-state index contributed by atoms with van der Waals surface area (Å²) in [5.74, 6) is 0. The molecule has 4 aromatic rings. The lowest BCUT2D eigenvalue weighted by Crippen LogP contribution is -2.22. The monoisotopic (exact) mass is 349 g/mol. The fourth-order valence-electron chi connectivity index (χ4n) is 2.61. The first-order valence-electron chi connectivity index (χ1n) is 7.46. The number of hydrogen-bond donors (Lipinski definition) is 0. The number of imidazole rings is 1. The van der Waals surface area contributed by atoms with Crippen molar-refractivity contribution in [3.63, 3.8) is 0 Å². The SMILES string of the molecule is O=c1/c(=C/C=C/c2cccc([N+](=O)[O-])c2)sc2nc3ccccc3n12. The molecule has 0 aliphatic carbocycles. The first-order chi connectivity index (χ1) is 12.1. The van der Waals surface area contributed by atoms with Crippen LogP contribution in [0.15, 0.2) is 59.4 Å². The average molecular weight is 349 g/mol. The molecule has 0 amide bonds. The molecule has 0 saturated heterocycles. The Bertz CT molecular complexity index is 1250. The summed E-state index contributed by atoms with van der Waals surface area (Å²) < 4.78 is 2.17. The minimum absolute atomic E-state index is 0.0349. The van der Waals surface area contributed by atoms with Crippen LogP contribution in [0.5, 0.6) is 0 Å². The summed E-state index contributed by atoms with van der Waals surface area (Å²) in [6.45, 7) is 0. The lowest BCUT2D eigenvalue weighted by Gasteiger charge is -1.92. The van der Waals surface area contributed by atoms with Gasteiger partial charge < -0.3 is 0 Å². The van der Waals surface area contributed by atoms with Gasteiger partial charge in [0.25, 0.3) is 11.2 Å². The third-order valence-corrected chi connectivity index (χ3v) is 4.75. The van der Waals surface area contributed by atoms with Gasteiger partial charge in [-0.2, -0.15) is 0 Å². The van der Waals surface area contributed by atoms with Gasteiger partial charge in [-0.3, -0.25) is 14.9 Å². The zero-order valence-electron chi connectivity index (χ0n) is 12.8. The third kappa shape index (κ3) is 2.70. The van der Waals surface area contributed by atoms with E-state index in [9.17, 15) is 14.9 Å². The van der Waals surface area contributed by atoms with Gasteiger partial charge in [0.15, 0.2) is 4.96 Å². The molecule has 0 aliphatic rings. The van der Waals surface area contributed by atoms with E-state index in [2.05, 4.69) is 4.98 Å². The van der Waals surface area contributed by atoms with E-state index >= 15 is 0 Å². The van der Waals surface area contributed by atoms with Crippen molar-refractivity contribution in [1.29, 1.82) is 0 Å². The molecule has 2 heterocycles. The minimum atomic E-state index is -0.434. The number of allylic oxidation sites excluding steroid dienone is 1. The number of rotatable bonds is 3. The molecular weight excluding hydrogens is 338 g/mol. The van der Waals surface area contributed by atoms with Crippen molar-refractivity contribution >= 4 is 45.2 Å². The van der Waals surface area contributed by atoms with E-state index in [1.54, 1.807) is 34.8 Å². The van der Waals surface area contributed by atoms with Crippen LogP contribution in [0.4, 0.5) is 5.69 Å². The number of nitro benzene ring substituents is 1. The quantitative estimate of drug-likeness (QED) is 0.421. The average Bonchev–Trinajstić information content (AvgIpc) is 3.12. The second-order valence-electron chi connectivity index (χ2n) is 5.37. The van der Waals surface area contributed by atoms with E-state index in [1.807, 2.05) is 24.3 Å². The van der Waals surface area contributed by atoms with Crippen LogP contribution in [-0.4, -0.2) is 14.3 Å². The zero-order valence-corrected chi connectivity index (χ0v) is 13.6. The Hall–Kier alpha value is -3.32. The van der Waals surface area contributed by atoms with Crippen molar-refractivity contribution in [2.45, 2.75) is 0 Å². The fraction of sp³-hybridized carbons (Fsp3) is 0. The molecule has 0 saturated carbocycles. The second-order valence-corrected chi connectivity index (χ2v) is 6.38. The molecule has 4 rings (SSSR count). The van der Waals surface area contributed by atoms with E-state index in [0.717, 1.165) is 11.0 Å². The summed E-state index contributed by atoms with van der Waals surface area (Å²) in [6, 6.07) is 13.8. The molecule has 2 aromatic heterocycles. The molecule has 0 unspecified atom stereocenters. The van der Waals surface area contributed by atoms with Gasteiger partial charge in [-0.1, -0.05) is 47.8 Å². The Morgan fingerprint density at radius 3 is 2.84 bits per heavy atom. The predicted molar refractivity (Wildman–Crippen MR) is 98.7 cm³/mol. The van der Waals surface area contributed by atoms with Crippen LogP contribution in [0.25, 0.3) is 28.1 Å². The topological polar surface area (TPSA) is 77.5 Å². The van der Waals surface area contributed by atoms with Crippen molar-refractivity contribution in [2.75, 3.05) is 0 Å². The standard InChI is InChI=1S/C18H11N3O3S/c22-17-16(10-4-6-12-5-3-7-13(11-12)21(23)24)25-18-19-14-8-1-2-9-15(14)20(17)18/h1-11H/b6-4+,16-10-. The molecule has 0 spiro atoms. The van der Waals surface area contributed by atoms with E-state index in [4.69, 9.17) is 0 Å². The van der Waals surface area contributed by atoms with Crippen molar-refractivity contribution in [3.8, 4) is 0 Å². The van der Waals surface area contributed by atoms with Gasteiger partial charge in [0, 0.05) is 12.1 Å². The fourth-order valence-corrected chi connectivity index (χ4v) is 3.55. The Kier molecular flexibility index (Phi) is 3.62. The number of nitrogens with zero attached hydrogens (tertiary/aromatic N) is 3. The Labute approximate surface area is 145 Å². The van der Waals surface area contributed by atoms with Gasteiger partial charge in [0.05, 0.1) is 20.5 Å². The van der Waals surface area contributed by atoms with E-state index < -0.39 is 4.92 Å². The maximum atomic E-state index is 12.6. The molecule has 0 atom stereocenters. The Balaban J connectivity index is 1.74. The molecule has 2 aromatic carbocycles. The van der Waals surface area contributed by atoms with E-state index in [0.29, 0.717) is 15.1 Å². The Morgan fingerprint density at radius 2 is 2.00 bits per heavy atom. The molecule has 0 N–H and O–H groups in total. The normalized spacial score (nSPS) is 12.6.